The van der Waals surface area contributed by atoms with E-state index in [-0.39, 0.29) is 23.8 Å². The molecule has 25 heavy (non-hydrogen) atoms. The number of aliphatic hydroxyl groups is 1. The van der Waals surface area contributed by atoms with Crippen LogP contribution in [0.3, 0.4) is 0 Å². The topological polar surface area (TPSA) is 111 Å². The first-order valence-corrected chi connectivity index (χ1v) is 7.63. The highest BCUT2D eigenvalue weighted by atomic mass is 16.6. The maximum Gasteiger partial charge on any atom is 0.433 e. The van der Waals surface area contributed by atoms with Crippen molar-refractivity contribution in [2.24, 2.45) is 0 Å². The molecule has 0 saturated carbocycles. The van der Waals surface area contributed by atoms with Gasteiger partial charge in [0.2, 0.25) is 0 Å². The van der Waals surface area contributed by atoms with Crippen molar-refractivity contribution < 1.29 is 14.4 Å². The van der Waals surface area contributed by atoms with E-state index < -0.39 is 4.92 Å². The fraction of sp³-hybridized carbons (Fsp3) is 0.176. The lowest BCUT2D eigenvalue weighted by molar-refractivity contribution is -0.402. The molecule has 8 heteroatoms. The number of furan rings is 1. The number of hydrogen-bond acceptors (Lipinski definition) is 6. The molecule has 0 aliphatic heterocycles. The van der Waals surface area contributed by atoms with E-state index in [0.29, 0.717) is 29.7 Å². The fourth-order valence-electron chi connectivity index (χ4n) is 2.44. The third-order valence-corrected chi connectivity index (χ3v) is 3.62. The summed E-state index contributed by atoms with van der Waals surface area (Å²) in [7, 11) is 0. The summed E-state index contributed by atoms with van der Waals surface area (Å²) in [4.78, 5) is 27.2. The van der Waals surface area contributed by atoms with Crippen LogP contribution in [0.15, 0.2) is 45.6 Å². The van der Waals surface area contributed by atoms with Crippen molar-refractivity contribution in [2.45, 2.75) is 13.0 Å². The monoisotopic (exact) mass is 341 g/mol. The number of rotatable bonds is 6. The smallest absolute Gasteiger partial charge is 0.401 e. The first kappa shape index (κ1) is 16.6. The molecule has 3 rings (SSSR count). The Kier molecular flexibility index (Phi) is 4.71. The van der Waals surface area contributed by atoms with Gasteiger partial charge in [0.15, 0.2) is 0 Å². The van der Waals surface area contributed by atoms with E-state index in [1.165, 1.54) is 22.8 Å². The molecule has 0 amide bonds. The molecule has 0 radical (unpaired) electrons. The first-order valence-electron chi connectivity index (χ1n) is 7.63. The third-order valence-electron chi connectivity index (χ3n) is 3.62. The van der Waals surface area contributed by atoms with Gasteiger partial charge in [-0.25, -0.2) is 4.98 Å². The number of aliphatic hydroxyl groups excluding tert-OH is 1. The molecule has 0 unspecified atom stereocenters. The van der Waals surface area contributed by atoms with Crippen LogP contribution in [-0.2, 0) is 6.54 Å². The number of nitro groups is 1. The van der Waals surface area contributed by atoms with Gasteiger partial charge in [-0.1, -0.05) is 12.1 Å². The average Bonchev–Trinajstić information content (AvgIpc) is 3.09. The van der Waals surface area contributed by atoms with Gasteiger partial charge in [-0.3, -0.25) is 19.5 Å². The number of hydrogen-bond donors (Lipinski definition) is 1. The summed E-state index contributed by atoms with van der Waals surface area (Å²) < 4.78 is 6.53. The zero-order valence-corrected chi connectivity index (χ0v) is 13.2. The molecule has 2 heterocycles. The Morgan fingerprint density at radius 1 is 1.24 bits per heavy atom. The van der Waals surface area contributed by atoms with Gasteiger partial charge >= 0.3 is 5.88 Å². The number of benzene rings is 1. The summed E-state index contributed by atoms with van der Waals surface area (Å²) in [5.74, 6) is 0.308. The van der Waals surface area contributed by atoms with Crippen LogP contribution in [0.2, 0.25) is 0 Å². The predicted molar refractivity (Wildman–Crippen MR) is 92.0 cm³/mol. The maximum absolute atomic E-state index is 12.7. The number of para-hydroxylation sites is 1. The minimum absolute atomic E-state index is 0.0488. The SMILES string of the molecule is O=c1c2ccccc2nc(C=Cc2ccc([N+](=O)[O-])o2)n1CCCO. The highest BCUT2D eigenvalue weighted by molar-refractivity contribution is 5.79. The number of aromatic nitrogens is 2. The second-order valence-electron chi connectivity index (χ2n) is 5.29. The number of nitrogens with zero attached hydrogens (tertiary/aromatic N) is 3. The minimum atomic E-state index is -0.622. The Labute approximate surface area is 141 Å². The Morgan fingerprint density at radius 2 is 2.04 bits per heavy atom. The lowest BCUT2D eigenvalue weighted by Gasteiger charge is -2.10. The standard InChI is InChI=1S/C17H15N3O5/c21-11-3-10-19-15(8-6-12-7-9-16(25-12)20(23)24)18-14-5-2-1-4-13(14)17(19)22/h1-2,4-9,21H,3,10-11H2. The van der Waals surface area contributed by atoms with E-state index in [1.807, 2.05) is 0 Å². The third kappa shape index (κ3) is 3.48. The van der Waals surface area contributed by atoms with Gasteiger partial charge in [0, 0.05) is 13.2 Å². The number of fused-ring (bicyclic) bond motifs is 1. The van der Waals surface area contributed by atoms with Crippen molar-refractivity contribution in [1.29, 1.82) is 0 Å². The molecule has 0 aliphatic rings. The Hall–Kier alpha value is -3.26. The van der Waals surface area contributed by atoms with E-state index in [4.69, 9.17) is 9.52 Å². The van der Waals surface area contributed by atoms with Crippen LogP contribution >= 0.6 is 0 Å². The summed E-state index contributed by atoms with van der Waals surface area (Å²) in [5.41, 5.74) is 0.349. The normalized spacial score (nSPS) is 11.4. The largest absolute Gasteiger partial charge is 0.433 e. The van der Waals surface area contributed by atoms with Gasteiger partial charge in [0.1, 0.15) is 16.5 Å². The van der Waals surface area contributed by atoms with Crippen LogP contribution < -0.4 is 5.56 Å². The summed E-state index contributed by atoms with van der Waals surface area (Å²) in [6, 6.07) is 9.71. The summed E-state index contributed by atoms with van der Waals surface area (Å²) in [5, 5.41) is 20.2. The highest BCUT2D eigenvalue weighted by Crippen LogP contribution is 2.18. The van der Waals surface area contributed by atoms with Gasteiger partial charge in [-0.15, -0.1) is 0 Å². The molecule has 3 aromatic rings. The lowest BCUT2D eigenvalue weighted by atomic mass is 10.2. The summed E-state index contributed by atoms with van der Waals surface area (Å²) in [6.07, 6.45) is 3.49. The molecule has 0 spiro atoms. The molecule has 0 bridgehead atoms. The Balaban J connectivity index is 2.04. The van der Waals surface area contributed by atoms with Crippen LogP contribution in [-0.4, -0.2) is 26.2 Å². The van der Waals surface area contributed by atoms with Gasteiger partial charge < -0.3 is 9.52 Å². The van der Waals surface area contributed by atoms with E-state index in [2.05, 4.69) is 4.98 Å². The fourth-order valence-corrected chi connectivity index (χ4v) is 2.44. The summed E-state index contributed by atoms with van der Waals surface area (Å²) in [6.45, 7) is 0.262. The molecule has 1 N–H and O–H groups in total. The van der Waals surface area contributed by atoms with Crippen LogP contribution in [0, 0.1) is 10.1 Å². The van der Waals surface area contributed by atoms with E-state index in [9.17, 15) is 14.9 Å². The molecule has 0 aliphatic carbocycles. The Morgan fingerprint density at radius 3 is 2.76 bits per heavy atom. The van der Waals surface area contributed by atoms with Crippen molar-refractivity contribution in [3.63, 3.8) is 0 Å². The van der Waals surface area contributed by atoms with Gasteiger partial charge in [0.25, 0.3) is 5.56 Å². The zero-order chi connectivity index (χ0) is 17.8. The van der Waals surface area contributed by atoms with E-state index in [1.54, 1.807) is 30.3 Å². The average molecular weight is 341 g/mol. The predicted octanol–water partition coefficient (Wildman–Crippen LogP) is 2.45. The van der Waals surface area contributed by atoms with Crippen LogP contribution in [0.4, 0.5) is 5.88 Å². The highest BCUT2D eigenvalue weighted by Gasteiger charge is 2.11. The van der Waals surface area contributed by atoms with Gasteiger partial charge in [0.05, 0.1) is 17.0 Å². The van der Waals surface area contributed by atoms with Crippen molar-refractivity contribution in [2.75, 3.05) is 6.61 Å². The zero-order valence-electron chi connectivity index (χ0n) is 13.2. The van der Waals surface area contributed by atoms with Crippen molar-refractivity contribution in [3.8, 4) is 0 Å². The molecular weight excluding hydrogens is 326 g/mol. The molecule has 128 valence electrons. The van der Waals surface area contributed by atoms with Gasteiger partial charge in [-0.2, -0.15) is 0 Å². The van der Waals surface area contributed by atoms with Crippen LogP contribution in [0.5, 0.6) is 0 Å². The second-order valence-corrected chi connectivity index (χ2v) is 5.29. The van der Waals surface area contributed by atoms with Gasteiger partial charge in [-0.05, 0) is 36.8 Å². The second kappa shape index (κ2) is 7.10. The summed E-state index contributed by atoms with van der Waals surface area (Å²) >= 11 is 0. The minimum Gasteiger partial charge on any atom is -0.401 e. The lowest BCUT2D eigenvalue weighted by Crippen LogP contribution is -2.24. The first-order chi connectivity index (χ1) is 12.1. The molecular formula is C17H15N3O5. The Bertz CT molecular complexity index is 1000. The quantitative estimate of drug-likeness (QED) is 0.544. The van der Waals surface area contributed by atoms with Crippen molar-refractivity contribution >= 4 is 28.9 Å². The maximum atomic E-state index is 12.7. The van der Waals surface area contributed by atoms with E-state index >= 15 is 0 Å². The molecule has 1 aromatic carbocycles. The van der Waals surface area contributed by atoms with Crippen molar-refractivity contribution in [1.82, 2.24) is 9.55 Å². The molecule has 0 saturated heterocycles. The van der Waals surface area contributed by atoms with Crippen molar-refractivity contribution in [3.05, 3.63) is 68.5 Å². The van der Waals surface area contributed by atoms with Crippen LogP contribution in [0.1, 0.15) is 18.0 Å². The molecule has 2 aromatic heterocycles. The van der Waals surface area contributed by atoms with E-state index in [0.717, 1.165) is 0 Å². The molecule has 8 nitrogen and oxygen atoms in total. The molecule has 0 fully saturated rings. The van der Waals surface area contributed by atoms with Crippen LogP contribution in [0.25, 0.3) is 23.1 Å². The molecule has 0 atom stereocenters.